The van der Waals surface area contributed by atoms with Crippen LogP contribution in [0.25, 0.3) is 11.5 Å². The van der Waals surface area contributed by atoms with E-state index in [2.05, 4.69) is 29.4 Å². The predicted octanol–water partition coefficient (Wildman–Crippen LogP) is 3.06. The van der Waals surface area contributed by atoms with Gasteiger partial charge in [0.05, 0.1) is 0 Å². The van der Waals surface area contributed by atoms with Crippen molar-refractivity contribution in [2.45, 2.75) is 39.2 Å². The number of amides is 1. The third-order valence-electron chi connectivity index (χ3n) is 4.88. The lowest BCUT2D eigenvalue weighted by Gasteiger charge is -2.34. The fraction of sp³-hybridized carbons (Fsp3) is 0.500. The fourth-order valence-electron chi connectivity index (χ4n) is 3.18. The summed E-state index contributed by atoms with van der Waals surface area (Å²) in [6.45, 7) is 4.49. The smallest absolute Gasteiger partial charge is 0.258 e. The van der Waals surface area contributed by atoms with E-state index >= 15 is 0 Å². The minimum absolute atomic E-state index is 0.0253. The van der Waals surface area contributed by atoms with Gasteiger partial charge in [0.25, 0.3) is 5.91 Å². The first-order valence-electron chi connectivity index (χ1n) is 8.42. The van der Waals surface area contributed by atoms with Crippen LogP contribution >= 0.6 is 0 Å². The zero-order valence-corrected chi connectivity index (χ0v) is 14.1. The molecule has 1 saturated carbocycles. The van der Waals surface area contributed by atoms with Gasteiger partial charge in [-0.1, -0.05) is 26.7 Å². The van der Waals surface area contributed by atoms with Gasteiger partial charge in [-0.2, -0.15) is 0 Å². The molecule has 6 heteroatoms. The predicted molar refractivity (Wildman–Crippen MR) is 89.3 cm³/mol. The largest absolute Gasteiger partial charge is 0.484 e. The first-order valence-corrected chi connectivity index (χ1v) is 8.42. The molecule has 1 heterocycles. The highest BCUT2D eigenvalue weighted by Crippen LogP contribution is 2.29. The zero-order valence-electron chi connectivity index (χ0n) is 14.1. The number of carbonyl (C=O) groups is 1. The SMILES string of the molecule is CC1CCCC(NC(=O)COc2ccc(-c3nnco3)cc2)C1C. The van der Waals surface area contributed by atoms with Crippen molar-refractivity contribution in [2.75, 3.05) is 6.61 Å². The van der Waals surface area contributed by atoms with Crippen LogP contribution in [0.3, 0.4) is 0 Å². The van der Waals surface area contributed by atoms with Crippen molar-refractivity contribution in [3.63, 3.8) is 0 Å². The number of aromatic nitrogens is 2. The Kier molecular flexibility index (Phi) is 5.13. The van der Waals surface area contributed by atoms with Gasteiger partial charge in [0, 0.05) is 11.6 Å². The van der Waals surface area contributed by atoms with Gasteiger partial charge in [0.2, 0.25) is 12.3 Å². The molecule has 1 fully saturated rings. The lowest BCUT2D eigenvalue weighted by Crippen LogP contribution is -2.45. The molecular formula is C18H23N3O3. The molecule has 0 saturated heterocycles. The molecule has 1 N–H and O–H groups in total. The van der Waals surface area contributed by atoms with Gasteiger partial charge in [0.1, 0.15) is 5.75 Å². The quantitative estimate of drug-likeness (QED) is 0.912. The van der Waals surface area contributed by atoms with Crippen molar-refractivity contribution in [3.05, 3.63) is 30.7 Å². The molecule has 3 rings (SSSR count). The molecule has 0 aliphatic heterocycles. The fourth-order valence-corrected chi connectivity index (χ4v) is 3.18. The van der Waals surface area contributed by atoms with Gasteiger partial charge in [-0.3, -0.25) is 4.79 Å². The molecule has 0 radical (unpaired) electrons. The summed E-state index contributed by atoms with van der Waals surface area (Å²) >= 11 is 0. The van der Waals surface area contributed by atoms with Crippen LogP contribution in [0.2, 0.25) is 0 Å². The second-order valence-electron chi connectivity index (χ2n) is 6.50. The monoisotopic (exact) mass is 329 g/mol. The van der Waals surface area contributed by atoms with Crippen LogP contribution in [-0.2, 0) is 4.79 Å². The Balaban J connectivity index is 1.49. The summed E-state index contributed by atoms with van der Waals surface area (Å²) in [7, 11) is 0. The normalized spacial score (nSPS) is 23.7. The maximum absolute atomic E-state index is 12.1. The molecule has 1 aliphatic rings. The average Bonchev–Trinajstić information content (AvgIpc) is 3.12. The highest BCUT2D eigenvalue weighted by atomic mass is 16.5. The molecule has 24 heavy (non-hydrogen) atoms. The molecular weight excluding hydrogens is 306 g/mol. The van der Waals surface area contributed by atoms with E-state index in [0.717, 1.165) is 12.0 Å². The average molecular weight is 329 g/mol. The highest BCUT2D eigenvalue weighted by Gasteiger charge is 2.28. The van der Waals surface area contributed by atoms with E-state index in [1.165, 1.54) is 19.2 Å². The Morgan fingerprint density at radius 1 is 1.29 bits per heavy atom. The van der Waals surface area contributed by atoms with E-state index in [1.807, 2.05) is 12.1 Å². The number of nitrogens with zero attached hydrogens (tertiary/aromatic N) is 2. The van der Waals surface area contributed by atoms with E-state index < -0.39 is 0 Å². The maximum atomic E-state index is 12.1. The summed E-state index contributed by atoms with van der Waals surface area (Å²) in [5, 5.41) is 10.6. The van der Waals surface area contributed by atoms with E-state index in [1.54, 1.807) is 12.1 Å². The molecule has 0 bridgehead atoms. The van der Waals surface area contributed by atoms with Gasteiger partial charge < -0.3 is 14.5 Å². The molecule has 3 unspecified atom stereocenters. The van der Waals surface area contributed by atoms with Crippen LogP contribution in [0.5, 0.6) is 5.75 Å². The Labute approximate surface area is 141 Å². The van der Waals surface area contributed by atoms with Gasteiger partial charge in [0.15, 0.2) is 6.61 Å². The molecule has 128 valence electrons. The standard InChI is InChI=1S/C18H23N3O3/c1-12-4-3-5-16(13(12)2)20-17(22)10-23-15-8-6-14(7-9-15)18-21-19-11-24-18/h6-9,11-13,16H,3-5,10H2,1-2H3,(H,20,22). The van der Waals surface area contributed by atoms with Crippen molar-refractivity contribution < 1.29 is 13.9 Å². The number of rotatable bonds is 5. The maximum Gasteiger partial charge on any atom is 0.258 e. The molecule has 1 aromatic carbocycles. The molecule has 2 aromatic rings. The third kappa shape index (κ3) is 3.93. The molecule has 1 aromatic heterocycles. The number of ether oxygens (including phenoxy) is 1. The van der Waals surface area contributed by atoms with Crippen LogP contribution in [0.4, 0.5) is 0 Å². The second kappa shape index (κ2) is 7.47. The Morgan fingerprint density at radius 2 is 2.08 bits per heavy atom. The summed E-state index contributed by atoms with van der Waals surface area (Å²) < 4.78 is 10.7. The van der Waals surface area contributed by atoms with E-state index in [9.17, 15) is 4.79 Å². The third-order valence-corrected chi connectivity index (χ3v) is 4.88. The molecule has 6 nitrogen and oxygen atoms in total. The Morgan fingerprint density at radius 3 is 2.79 bits per heavy atom. The minimum Gasteiger partial charge on any atom is -0.484 e. The van der Waals surface area contributed by atoms with Crippen molar-refractivity contribution in [2.24, 2.45) is 11.8 Å². The number of nitrogens with one attached hydrogen (secondary N) is 1. The first-order chi connectivity index (χ1) is 11.6. The summed E-state index contributed by atoms with van der Waals surface area (Å²) in [6, 6.07) is 7.48. The van der Waals surface area contributed by atoms with Crippen LogP contribution in [0.15, 0.2) is 35.1 Å². The van der Waals surface area contributed by atoms with Gasteiger partial charge in [-0.15, -0.1) is 10.2 Å². The molecule has 1 aliphatic carbocycles. The van der Waals surface area contributed by atoms with E-state index in [0.29, 0.717) is 23.5 Å². The van der Waals surface area contributed by atoms with Crippen molar-refractivity contribution in [3.8, 4) is 17.2 Å². The van der Waals surface area contributed by atoms with Crippen molar-refractivity contribution in [1.29, 1.82) is 0 Å². The lowest BCUT2D eigenvalue weighted by molar-refractivity contribution is -0.124. The minimum atomic E-state index is -0.0677. The number of benzene rings is 1. The Hall–Kier alpha value is -2.37. The number of hydrogen-bond donors (Lipinski definition) is 1. The summed E-state index contributed by atoms with van der Waals surface area (Å²) in [6.07, 6.45) is 4.76. The van der Waals surface area contributed by atoms with Crippen LogP contribution in [0.1, 0.15) is 33.1 Å². The van der Waals surface area contributed by atoms with Crippen molar-refractivity contribution >= 4 is 5.91 Å². The first kappa shape index (κ1) is 16.5. The van der Waals surface area contributed by atoms with E-state index in [4.69, 9.17) is 9.15 Å². The van der Waals surface area contributed by atoms with Crippen LogP contribution in [-0.4, -0.2) is 28.8 Å². The van der Waals surface area contributed by atoms with Gasteiger partial charge in [-0.25, -0.2) is 0 Å². The molecule has 0 spiro atoms. The summed E-state index contributed by atoms with van der Waals surface area (Å²) in [5.74, 6) is 2.19. The summed E-state index contributed by atoms with van der Waals surface area (Å²) in [5.41, 5.74) is 0.814. The highest BCUT2D eigenvalue weighted by molar-refractivity contribution is 5.77. The zero-order chi connectivity index (χ0) is 16.9. The van der Waals surface area contributed by atoms with Crippen LogP contribution < -0.4 is 10.1 Å². The van der Waals surface area contributed by atoms with Crippen LogP contribution in [0, 0.1) is 11.8 Å². The van der Waals surface area contributed by atoms with Crippen molar-refractivity contribution in [1.82, 2.24) is 15.5 Å². The second-order valence-corrected chi connectivity index (χ2v) is 6.50. The number of hydrogen-bond acceptors (Lipinski definition) is 5. The number of carbonyl (C=O) groups excluding carboxylic acids is 1. The van der Waals surface area contributed by atoms with Gasteiger partial charge in [-0.05, 0) is 42.5 Å². The summed E-state index contributed by atoms with van der Waals surface area (Å²) in [4.78, 5) is 12.1. The Bertz CT molecular complexity index is 655. The lowest BCUT2D eigenvalue weighted by atomic mass is 9.78. The topological polar surface area (TPSA) is 77.2 Å². The molecule has 1 amide bonds. The van der Waals surface area contributed by atoms with Gasteiger partial charge >= 0.3 is 0 Å². The van der Waals surface area contributed by atoms with E-state index in [-0.39, 0.29) is 18.6 Å². The molecule has 3 atom stereocenters.